The smallest absolute Gasteiger partial charge is 0.156 e. The molecule has 1 heterocycles. The van der Waals surface area contributed by atoms with Crippen molar-refractivity contribution in [1.29, 1.82) is 0 Å². The van der Waals surface area contributed by atoms with Gasteiger partial charge in [0.2, 0.25) is 0 Å². The molecule has 0 aromatic carbocycles. The van der Waals surface area contributed by atoms with Crippen LogP contribution >= 0.6 is 0 Å². The Bertz CT molecular complexity index is 242. The van der Waals surface area contributed by atoms with Crippen molar-refractivity contribution in [2.24, 2.45) is 0 Å². The van der Waals surface area contributed by atoms with Crippen molar-refractivity contribution in [2.45, 2.75) is 12.5 Å². The lowest BCUT2D eigenvalue weighted by Gasteiger charge is -2.35. The first-order chi connectivity index (χ1) is 5.04. The van der Waals surface area contributed by atoms with Gasteiger partial charge in [0.1, 0.15) is 0 Å². The van der Waals surface area contributed by atoms with E-state index in [2.05, 4.69) is 0 Å². The summed E-state index contributed by atoms with van der Waals surface area (Å²) in [6.45, 7) is 2.10. The third-order valence-corrected chi connectivity index (χ3v) is 3.43. The average molecular weight is 178 g/mol. The quantitative estimate of drug-likeness (QED) is 0.541. The third kappa shape index (κ3) is 1.59. The van der Waals surface area contributed by atoms with Gasteiger partial charge in [0, 0.05) is 6.61 Å². The van der Waals surface area contributed by atoms with Crippen LogP contribution in [-0.4, -0.2) is 38.4 Å². The van der Waals surface area contributed by atoms with E-state index in [4.69, 9.17) is 4.74 Å². The Morgan fingerprint density at radius 1 is 1.55 bits per heavy atom. The number of aldehydes is 1. The Morgan fingerprint density at radius 2 is 2.09 bits per heavy atom. The summed E-state index contributed by atoms with van der Waals surface area (Å²) in [6, 6.07) is 0. The predicted octanol–water partition coefficient (Wildman–Crippen LogP) is -0.611. The molecule has 11 heavy (non-hydrogen) atoms. The van der Waals surface area contributed by atoms with Crippen LogP contribution in [0.2, 0.25) is 0 Å². The minimum absolute atomic E-state index is 0.155. The van der Waals surface area contributed by atoms with Crippen molar-refractivity contribution in [1.82, 2.24) is 0 Å². The molecule has 0 saturated carbocycles. The Kier molecular flexibility index (Phi) is 2.02. The fourth-order valence-electron chi connectivity index (χ4n) is 1.18. The highest BCUT2D eigenvalue weighted by Gasteiger charge is 2.49. The van der Waals surface area contributed by atoms with E-state index >= 15 is 0 Å². The summed E-state index contributed by atoms with van der Waals surface area (Å²) in [5.41, 5.74) is -1.02. The van der Waals surface area contributed by atoms with Crippen LogP contribution in [0.3, 0.4) is 0 Å². The highest BCUT2D eigenvalue weighted by Crippen LogP contribution is 2.25. The molecule has 0 unspecified atom stereocenters. The van der Waals surface area contributed by atoms with Crippen LogP contribution in [0.5, 0.6) is 0 Å². The standard InChI is InChI=1S/C6H10O4S/c1-2-10-6(3-7)4-11(8,9)5-6/h3H,2,4-5H2,1H3. The number of carbonyl (C=O) groups excluding carboxylic acids is 1. The normalized spacial score (nSPS) is 25.5. The molecule has 0 spiro atoms. The van der Waals surface area contributed by atoms with Gasteiger partial charge in [-0.2, -0.15) is 0 Å². The van der Waals surface area contributed by atoms with Gasteiger partial charge in [0.05, 0.1) is 11.5 Å². The second-order valence-electron chi connectivity index (χ2n) is 2.65. The van der Waals surface area contributed by atoms with Gasteiger partial charge in [0.15, 0.2) is 21.7 Å². The van der Waals surface area contributed by atoms with Crippen LogP contribution in [0.1, 0.15) is 6.92 Å². The summed E-state index contributed by atoms with van der Waals surface area (Å²) >= 11 is 0. The zero-order chi connectivity index (χ0) is 8.54. The van der Waals surface area contributed by atoms with Crippen molar-refractivity contribution in [3.05, 3.63) is 0 Å². The van der Waals surface area contributed by atoms with E-state index in [-0.39, 0.29) is 11.5 Å². The second-order valence-corrected chi connectivity index (χ2v) is 4.71. The van der Waals surface area contributed by atoms with E-state index in [1.54, 1.807) is 6.92 Å². The molecule has 4 nitrogen and oxygen atoms in total. The maximum absolute atomic E-state index is 10.7. The molecule has 0 bridgehead atoms. The molecule has 1 rings (SSSR count). The fourth-order valence-corrected chi connectivity index (χ4v) is 2.88. The maximum Gasteiger partial charge on any atom is 0.156 e. The molecule has 0 radical (unpaired) electrons. The Balaban J connectivity index is 2.64. The summed E-state index contributed by atoms with van der Waals surface area (Å²) in [7, 11) is -2.98. The third-order valence-electron chi connectivity index (χ3n) is 1.58. The molecule has 0 atom stereocenters. The van der Waals surface area contributed by atoms with Gasteiger partial charge in [-0.05, 0) is 6.92 Å². The molecule has 0 N–H and O–H groups in total. The molecule has 1 aliphatic rings. The predicted molar refractivity (Wildman–Crippen MR) is 39.1 cm³/mol. The molecule has 0 amide bonds. The van der Waals surface area contributed by atoms with Gasteiger partial charge >= 0.3 is 0 Å². The molecule has 0 aliphatic carbocycles. The zero-order valence-corrected chi connectivity index (χ0v) is 7.06. The summed E-state index contributed by atoms with van der Waals surface area (Å²) in [5, 5.41) is 0. The van der Waals surface area contributed by atoms with E-state index in [0.29, 0.717) is 12.9 Å². The minimum atomic E-state index is -2.98. The maximum atomic E-state index is 10.7. The molecule has 0 aromatic heterocycles. The monoisotopic (exact) mass is 178 g/mol. The topological polar surface area (TPSA) is 60.4 Å². The molecule has 64 valence electrons. The zero-order valence-electron chi connectivity index (χ0n) is 6.24. The lowest BCUT2D eigenvalue weighted by atomic mass is 10.1. The van der Waals surface area contributed by atoms with Crippen LogP contribution in [0.15, 0.2) is 0 Å². The van der Waals surface area contributed by atoms with E-state index in [0.717, 1.165) is 0 Å². The van der Waals surface area contributed by atoms with Gasteiger partial charge in [-0.25, -0.2) is 8.42 Å². The van der Waals surface area contributed by atoms with Crippen molar-refractivity contribution >= 4 is 16.1 Å². The van der Waals surface area contributed by atoms with E-state index < -0.39 is 15.4 Å². The summed E-state index contributed by atoms with van der Waals surface area (Å²) < 4.78 is 26.4. The Morgan fingerprint density at radius 3 is 2.36 bits per heavy atom. The number of sulfone groups is 1. The molecular formula is C6H10O4S. The van der Waals surface area contributed by atoms with Crippen molar-refractivity contribution < 1.29 is 17.9 Å². The van der Waals surface area contributed by atoms with Crippen molar-refractivity contribution in [3.8, 4) is 0 Å². The molecule has 1 saturated heterocycles. The van der Waals surface area contributed by atoms with Crippen LogP contribution in [0.4, 0.5) is 0 Å². The van der Waals surface area contributed by atoms with E-state index in [1.807, 2.05) is 0 Å². The molecule has 5 heteroatoms. The number of rotatable bonds is 3. The van der Waals surface area contributed by atoms with Crippen LogP contribution < -0.4 is 0 Å². The van der Waals surface area contributed by atoms with Crippen LogP contribution in [0, 0.1) is 0 Å². The molecule has 1 fully saturated rings. The minimum Gasteiger partial charge on any atom is -0.366 e. The Hall–Kier alpha value is -0.420. The van der Waals surface area contributed by atoms with Gasteiger partial charge < -0.3 is 9.53 Å². The summed E-state index contributed by atoms with van der Waals surface area (Å²) in [5.74, 6) is -0.311. The average Bonchev–Trinajstić information content (AvgIpc) is 1.84. The van der Waals surface area contributed by atoms with Crippen molar-refractivity contribution in [3.63, 3.8) is 0 Å². The lowest BCUT2D eigenvalue weighted by Crippen LogP contribution is -2.57. The van der Waals surface area contributed by atoms with E-state index in [1.165, 1.54) is 0 Å². The number of ether oxygens (including phenoxy) is 1. The molecule has 0 aromatic rings. The first-order valence-corrected chi connectivity index (χ1v) is 5.16. The largest absolute Gasteiger partial charge is 0.366 e. The first-order valence-electron chi connectivity index (χ1n) is 3.34. The fraction of sp³-hybridized carbons (Fsp3) is 0.833. The van der Waals surface area contributed by atoms with E-state index in [9.17, 15) is 13.2 Å². The van der Waals surface area contributed by atoms with Gasteiger partial charge in [-0.3, -0.25) is 0 Å². The summed E-state index contributed by atoms with van der Waals surface area (Å²) in [4.78, 5) is 10.4. The van der Waals surface area contributed by atoms with Gasteiger partial charge in [0.25, 0.3) is 0 Å². The Labute approximate surface area is 65.5 Å². The summed E-state index contributed by atoms with van der Waals surface area (Å²) in [6.07, 6.45) is 0.581. The van der Waals surface area contributed by atoms with Crippen LogP contribution in [-0.2, 0) is 19.4 Å². The molecule has 1 aliphatic heterocycles. The van der Waals surface area contributed by atoms with Gasteiger partial charge in [-0.1, -0.05) is 0 Å². The number of hydrogen-bond acceptors (Lipinski definition) is 4. The number of carbonyl (C=O) groups is 1. The number of hydrogen-bond donors (Lipinski definition) is 0. The highest BCUT2D eigenvalue weighted by molar-refractivity contribution is 7.93. The van der Waals surface area contributed by atoms with Crippen molar-refractivity contribution in [2.75, 3.05) is 18.1 Å². The lowest BCUT2D eigenvalue weighted by molar-refractivity contribution is -0.127. The SMILES string of the molecule is CCOC1(C=O)CS(=O)(=O)C1. The highest BCUT2D eigenvalue weighted by atomic mass is 32.2. The first kappa shape index (κ1) is 8.67. The molecular weight excluding hydrogens is 168 g/mol. The van der Waals surface area contributed by atoms with Crippen LogP contribution in [0.25, 0.3) is 0 Å². The van der Waals surface area contributed by atoms with Gasteiger partial charge in [-0.15, -0.1) is 0 Å². The second kappa shape index (κ2) is 2.57.